The minimum atomic E-state index is 0.207. The van der Waals surface area contributed by atoms with E-state index in [0.717, 1.165) is 25.3 Å². The van der Waals surface area contributed by atoms with Gasteiger partial charge in [0.05, 0.1) is 0 Å². The molecule has 1 aliphatic rings. The average molecular weight is 195 g/mol. The minimum Gasteiger partial charge on any atom is -0.356 e. The lowest BCUT2D eigenvalue weighted by Crippen LogP contribution is -2.24. The summed E-state index contributed by atoms with van der Waals surface area (Å²) < 4.78 is 0. The van der Waals surface area contributed by atoms with E-state index in [1.807, 2.05) is 6.08 Å². The number of nitrogens with one attached hydrogen (secondary N) is 1. The monoisotopic (exact) mass is 195 g/mol. The minimum absolute atomic E-state index is 0.207. The zero-order valence-corrected chi connectivity index (χ0v) is 8.93. The van der Waals surface area contributed by atoms with Crippen LogP contribution in [0.5, 0.6) is 0 Å². The topological polar surface area (TPSA) is 29.1 Å². The zero-order valence-electron chi connectivity index (χ0n) is 8.93. The molecular formula is C12H21NO. The van der Waals surface area contributed by atoms with Crippen LogP contribution in [0.3, 0.4) is 0 Å². The Morgan fingerprint density at radius 3 is 2.79 bits per heavy atom. The Morgan fingerprint density at radius 2 is 2.14 bits per heavy atom. The van der Waals surface area contributed by atoms with Gasteiger partial charge in [-0.25, -0.2) is 0 Å². The lowest BCUT2D eigenvalue weighted by molar-refractivity contribution is -0.121. The molecule has 2 nitrogen and oxygen atoms in total. The van der Waals surface area contributed by atoms with E-state index in [-0.39, 0.29) is 5.91 Å². The van der Waals surface area contributed by atoms with E-state index >= 15 is 0 Å². The van der Waals surface area contributed by atoms with E-state index in [2.05, 4.69) is 11.9 Å². The van der Waals surface area contributed by atoms with Gasteiger partial charge in [0.25, 0.3) is 0 Å². The van der Waals surface area contributed by atoms with Crippen molar-refractivity contribution in [1.82, 2.24) is 5.32 Å². The van der Waals surface area contributed by atoms with E-state index < -0.39 is 0 Å². The van der Waals surface area contributed by atoms with Gasteiger partial charge >= 0.3 is 0 Å². The van der Waals surface area contributed by atoms with Gasteiger partial charge in [-0.2, -0.15) is 0 Å². The van der Waals surface area contributed by atoms with Gasteiger partial charge in [0, 0.05) is 13.0 Å². The maximum Gasteiger partial charge on any atom is 0.220 e. The van der Waals surface area contributed by atoms with E-state index in [9.17, 15) is 4.79 Å². The number of hydrogen-bond acceptors (Lipinski definition) is 1. The van der Waals surface area contributed by atoms with Crippen LogP contribution in [0.2, 0.25) is 0 Å². The van der Waals surface area contributed by atoms with Crippen LogP contribution in [-0.2, 0) is 4.79 Å². The first-order valence-electron chi connectivity index (χ1n) is 5.70. The predicted molar refractivity (Wildman–Crippen MR) is 59.0 cm³/mol. The molecule has 1 fully saturated rings. The van der Waals surface area contributed by atoms with E-state index in [1.54, 1.807) is 0 Å². The fraction of sp³-hybridized carbons (Fsp3) is 0.750. The van der Waals surface area contributed by atoms with E-state index in [1.165, 1.54) is 25.7 Å². The van der Waals surface area contributed by atoms with E-state index in [0.29, 0.717) is 6.42 Å². The second kappa shape index (κ2) is 6.63. The van der Waals surface area contributed by atoms with E-state index in [4.69, 9.17) is 0 Å². The Morgan fingerprint density at radius 1 is 1.43 bits per heavy atom. The van der Waals surface area contributed by atoms with Crippen molar-refractivity contribution in [3.63, 3.8) is 0 Å². The smallest absolute Gasteiger partial charge is 0.220 e. The maximum atomic E-state index is 11.3. The molecule has 0 aromatic rings. The van der Waals surface area contributed by atoms with Gasteiger partial charge in [-0.3, -0.25) is 4.79 Å². The van der Waals surface area contributed by atoms with Crippen molar-refractivity contribution in [2.24, 2.45) is 5.92 Å². The molecule has 0 bridgehead atoms. The van der Waals surface area contributed by atoms with Crippen molar-refractivity contribution in [3.8, 4) is 0 Å². The van der Waals surface area contributed by atoms with Crippen LogP contribution < -0.4 is 5.32 Å². The van der Waals surface area contributed by atoms with Gasteiger partial charge < -0.3 is 5.32 Å². The molecule has 0 heterocycles. The lowest BCUT2D eigenvalue weighted by Gasteiger charge is -2.08. The van der Waals surface area contributed by atoms with Crippen molar-refractivity contribution in [3.05, 3.63) is 12.7 Å². The predicted octanol–water partition coefficient (Wildman–Crippen LogP) is 2.65. The van der Waals surface area contributed by atoms with Gasteiger partial charge in [0.2, 0.25) is 5.91 Å². The highest BCUT2D eigenvalue weighted by Gasteiger charge is 2.15. The molecule has 0 unspecified atom stereocenters. The van der Waals surface area contributed by atoms with Crippen molar-refractivity contribution in [2.45, 2.75) is 44.9 Å². The lowest BCUT2D eigenvalue weighted by atomic mass is 10.0. The third kappa shape index (κ3) is 4.45. The number of amides is 1. The van der Waals surface area contributed by atoms with Crippen LogP contribution in [0.4, 0.5) is 0 Å². The van der Waals surface area contributed by atoms with Crippen LogP contribution in [-0.4, -0.2) is 12.5 Å². The summed E-state index contributed by atoms with van der Waals surface area (Å²) in [6.07, 6.45) is 9.89. The summed E-state index contributed by atoms with van der Waals surface area (Å²) in [6, 6.07) is 0. The number of rotatable bonds is 6. The highest BCUT2D eigenvalue weighted by molar-refractivity contribution is 5.75. The van der Waals surface area contributed by atoms with Crippen LogP contribution in [0.15, 0.2) is 12.7 Å². The Bertz CT molecular complexity index is 183. The fourth-order valence-corrected chi connectivity index (χ4v) is 2.04. The van der Waals surface area contributed by atoms with Gasteiger partial charge in [-0.05, 0) is 18.8 Å². The zero-order chi connectivity index (χ0) is 10.2. The summed E-state index contributed by atoms with van der Waals surface area (Å²) in [7, 11) is 0. The number of carbonyl (C=O) groups is 1. The summed E-state index contributed by atoms with van der Waals surface area (Å²) in [6.45, 7) is 4.36. The second-order valence-corrected chi connectivity index (χ2v) is 4.12. The molecule has 0 spiro atoms. The van der Waals surface area contributed by atoms with Gasteiger partial charge in [0.15, 0.2) is 0 Å². The Kier molecular flexibility index (Phi) is 5.35. The standard InChI is InChI=1S/C12H21NO/c1-2-3-10-13-12(14)9-8-11-6-4-5-7-11/h2,11H,1,3-10H2,(H,13,14). The number of carbonyl (C=O) groups excluding carboxylic acids is 1. The van der Waals surface area contributed by atoms with Crippen LogP contribution in [0.1, 0.15) is 44.9 Å². The number of hydrogen-bond donors (Lipinski definition) is 1. The molecule has 0 atom stereocenters. The van der Waals surface area contributed by atoms with Gasteiger partial charge in [0.1, 0.15) is 0 Å². The molecule has 0 saturated heterocycles. The van der Waals surface area contributed by atoms with Gasteiger partial charge in [-0.1, -0.05) is 31.8 Å². The maximum absolute atomic E-state index is 11.3. The quantitative estimate of drug-likeness (QED) is 0.512. The first kappa shape index (κ1) is 11.3. The molecule has 1 rings (SSSR count). The molecule has 1 N–H and O–H groups in total. The third-order valence-electron chi connectivity index (χ3n) is 2.93. The molecular weight excluding hydrogens is 174 g/mol. The summed E-state index contributed by atoms with van der Waals surface area (Å²) >= 11 is 0. The van der Waals surface area contributed by atoms with Crippen molar-refractivity contribution >= 4 is 5.91 Å². The summed E-state index contributed by atoms with van der Waals surface area (Å²) in [5.41, 5.74) is 0. The van der Waals surface area contributed by atoms with Crippen molar-refractivity contribution in [2.75, 3.05) is 6.54 Å². The SMILES string of the molecule is C=CCCNC(=O)CCC1CCCC1. The first-order chi connectivity index (χ1) is 6.83. The van der Waals surface area contributed by atoms with Crippen LogP contribution in [0, 0.1) is 5.92 Å². The Labute approximate surface area is 86.8 Å². The third-order valence-corrected chi connectivity index (χ3v) is 2.93. The average Bonchev–Trinajstić information content (AvgIpc) is 2.68. The highest BCUT2D eigenvalue weighted by atomic mass is 16.1. The highest BCUT2D eigenvalue weighted by Crippen LogP contribution is 2.28. The van der Waals surface area contributed by atoms with Crippen molar-refractivity contribution < 1.29 is 4.79 Å². The normalized spacial score (nSPS) is 16.9. The summed E-state index contributed by atoms with van der Waals surface area (Å²) in [4.78, 5) is 11.3. The molecule has 0 aromatic heterocycles. The molecule has 80 valence electrons. The first-order valence-corrected chi connectivity index (χ1v) is 5.70. The second-order valence-electron chi connectivity index (χ2n) is 4.12. The van der Waals surface area contributed by atoms with Gasteiger partial charge in [-0.15, -0.1) is 6.58 Å². The van der Waals surface area contributed by atoms with Crippen LogP contribution in [0.25, 0.3) is 0 Å². The van der Waals surface area contributed by atoms with Crippen molar-refractivity contribution in [1.29, 1.82) is 0 Å². The largest absolute Gasteiger partial charge is 0.356 e. The summed E-state index contributed by atoms with van der Waals surface area (Å²) in [5, 5.41) is 2.90. The summed E-state index contributed by atoms with van der Waals surface area (Å²) in [5.74, 6) is 1.03. The molecule has 1 saturated carbocycles. The molecule has 0 aliphatic heterocycles. The Balaban J connectivity index is 1.99. The molecule has 14 heavy (non-hydrogen) atoms. The molecule has 2 heteroatoms. The molecule has 1 amide bonds. The Hall–Kier alpha value is -0.790. The fourth-order valence-electron chi connectivity index (χ4n) is 2.04. The molecule has 0 aromatic carbocycles. The molecule has 1 aliphatic carbocycles. The van der Waals surface area contributed by atoms with Crippen LogP contribution >= 0.6 is 0 Å². The molecule has 0 radical (unpaired) electrons.